The molecule has 1 atom stereocenters. The Hall–Kier alpha value is -0.730. The van der Waals surface area contributed by atoms with Crippen LogP contribution in [-0.2, 0) is 0 Å². The molecular weight excluding hydrogens is 196 g/mol. The highest BCUT2D eigenvalue weighted by molar-refractivity contribution is 6.30. The zero-order chi connectivity index (χ0) is 10.3. The highest BCUT2D eigenvalue weighted by atomic mass is 35.5. The molecule has 0 fully saturated rings. The molecule has 0 radical (unpaired) electrons. The summed E-state index contributed by atoms with van der Waals surface area (Å²) < 4.78 is 0. The van der Waals surface area contributed by atoms with E-state index in [0.29, 0.717) is 6.04 Å². The minimum Gasteiger partial charge on any atom is -0.367 e. The summed E-state index contributed by atoms with van der Waals surface area (Å²) in [7, 11) is 0. The van der Waals surface area contributed by atoms with E-state index in [1.165, 1.54) is 11.3 Å². The van der Waals surface area contributed by atoms with Crippen molar-refractivity contribution in [1.29, 1.82) is 0 Å². The minimum absolute atomic E-state index is 0.103. The molecule has 0 aromatic heterocycles. The summed E-state index contributed by atoms with van der Waals surface area (Å²) in [6.07, 6.45) is 0. The van der Waals surface area contributed by atoms with Gasteiger partial charge in [0.05, 0.1) is 0 Å². The van der Waals surface area contributed by atoms with Gasteiger partial charge in [-0.1, -0.05) is 11.6 Å². The van der Waals surface area contributed by atoms with Gasteiger partial charge in [-0.3, -0.25) is 0 Å². The van der Waals surface area contributed by atoms with Crippen LogP contribution >= 0.6 is 11.6 Å². The van der Waals surface area contributed by atoms with Gasteiger partial charge in [0, 0.05) is 29.3 Å². The van der Waals surface area contributed by atoms with Gasteiger partial charge in [0.2, 0.25) is 0 Å². The maximum atomic E-state index is 6.04. The molecule has 0 spiro atoms. The third-order valence-corrected chi connectivity index (χ3v) is 2.95. The Morgan fingerprint density at radius 3 is 2.86 bits per heavy atom. The SMILES string of the molecule is CC(C)N1CC(N)c2cc(Cl)ccc21. The van der Waals surface area contributed by atoms with E-state index in [-0.39, 0.29) is 6.04 Å². The van der Waals surface area contributed by atoms with Crippen LogP contribution in [0.5, 0.6) is 0 Å². The lowest BCUT2D eigenvalue weighted by atomic mass is 10.1. The van der Waals surface area contributed by atoms with Crippen molar-refractivity contribution in [3.05, 3.63) is 28.8 Å². The molecule has 0 saturated carbocycles. The Bertz CT molecular complexity index is 349. The van der Waals surface area contributed by atoms with Crippen LogP contribution in [0.2, 0.25) is 5.02 Å². The van der Waals surface area contributed by atoms with Crippen LogP contribution in [0.3, 0.4) is 0 Å². The van der Waals surface area contributed by atoms with E-state index in [2.05, 4.69) is 24.8 Å². The second-order valence-corrected chi connectivity index (χ2v) is 4.49. The Morgan fingerprint density at radius 2 is 2.21 bits per heavy atom. The molecule has 0 saturated heterocycles. The van der Waals surface area contributed by atoms with Gasteiger partial charge in [0.15, 0.2) is 0 Å². The minimum atomic E-state index is 0.103. The van der Waals surface area contributed by atoms with E-state index < -0.39 is 0 Å². The van der Waals surface area contributed by atoms with Gasteiger partial charge >= 0.3 is 0 Å². The predicted molar refractivity (Wildman–Crippen MR) is 60.9 cm³/mol. The zero-order valence-electron chi connectivity index (χ0n) is 8.50. The number of fused-ring (bicyclic) bond motifs is 1. The monoisotopic (exact) mass is 210 g/mol. The summed E-state index contributed by atoms with van der Waals surface area (Å²) in [5.41, 5.74) is 8.45. The molecule has 1 aromatic carbocycles. The van der Waals surface area contributed by atoms with Crippen molar-refractivity contribution in [2.75, 3.05) is 11.4 Å². The first-order valence-electron chi connectivity index (χ1n) is 4.91. The third-order valence-electron chi connectivity index (χ3n) is 2.72. The van der Waals surface area contributed by atoms with Crippen molar-refractivity contribution >= 4 is 17.3 Å². The van der Waals surface area contributed by atoms with Gasteiger partial charge in [-0.25, -0.2) is 0 Å². The molecule has 0 amide bonds. The first kappa shape index (κ1) is 9.81. The number of hydrogen-bond donors (Lipinski definition) is 1. The molecule has 1 aromatic rings. The maximum Gasteiger partial charge on any atom is 0.0494 e. The normalized spacial score (nSPS) is 20.4. The van der Waals surface area contributed by atoms with Crippen LogP contribution in [0.4, 0.5) is 5.69 Å². The van der Waals surface area contributed by atoms with Crippen molar-refractivity contribution in [2.24, 2.45) is 5.73 Å². The predicted octanol–water partition coefficient (Wildman–Crippen LogP) is 2.57. The maximum absolute atomic E-state index is 6.04. The van der Waals surface area contributed by atoms with E-state index in [9.17, 15) is 0 Å². The summed E-state index contributed by atoms with van der Waals surface area (Å²) in [6.45, 7) is 5.25. The molecule has 14 heavy (non-hydrogen) atoms. The van der Waals surface area contributed by atoms with Gasteiger partial charge in [-0.15, -0.1) is 0 Å². The molecule has 0 aliphatic carbocycles. The fraction of sp³-hybridized carbons (Fsp3) is 0.455. The lowest BCUT2D eigenvalue weighted by molar-refractivity contribution is 0.657. The second-order valence-electron chi connectivity index (χ2n) is 4.06. The van der Waals surface area contributed by atoms with Gasteiger partial charge in [0.1, 0.15) is 0 Å². The van der Waals surface area contributed by atoms with E-state index in [0.717, 1.165) is 11.6 Å². The lowest BCUT2D eigenvalue weighted by Gasteiger charge is -2.24. The van der Waals surface area contributed by atoms with Crippen molar-refractivity contribution in [3.63, 3.8) is 0 Å². The van der Waals surface area contributed by atoms with Crippen LogP contribution in [-0.4, -0.2) is 12.6 Å². The number of nitrogens with zero attached hydrogens (tertiary/aromatic N) is 1. The Kier molecular flexibility index (Phi) is 2.41. The molecule has 2 rings (SSSR count). The second kappa shape index (κ2) is 3.44. The highest BCUT2D eigenvalue weighted by Crippen LogP contribution is 2.36. The van der Waals surface area contributed by atoms with Crippen LogP contribution in [0.15, 0.2) is 18.2 Å². The Balaban J connectivity index is 2.44. The number of halogens is 1. The van der Waals surface area contributed by atoms with Crippen molar-refractivity contribution in [2.45, 2.75) is 25.9 Å². The molecule has 1 heterocycles. The summed E-state index contributed by atoms with van der Waals surface area (Å²) in [6, 6.07) is 6.55. The molecule has 2 N–H and O–H groups in total. The fourth-order valence-electron chi connectivity index (χ4n) is 1.98. The first-order valence-corrected chi connectivity index (χ1v) is 5.29. The van der Waals surface area contributed by atoms with E-state index >= 15 is 0 Å². The molecular formula is C11H15ClN2. The van der Waals surface area contributed by atoms with Crippen molar-refractivity contribution in [3.8, 4) is 0 Å². The summed E-state index contributed by atoms with van der Waals surface area (Å²) in [5.74, 6) is 0. The third kappa shape index (κ3) is 1.49. The van der Waals surface area contributed by atoms with Crippen LogP contribution in [0, 0.1) is 0 Å². The molecule has 2 nitrogen and oxygen atoms in total. The van der Waals surface area contributed by atoms with Gasteiger partial charge in [-0.05, 0) is 37.6 Å². The highest BCUT2D eigenvalue weighted by Gasteiger charge is 2.27. The number of benzene rings is 1. The standard InChI is InChI=1S/C11H15ClN2/c1-7(2)14-6-10(13)9-5-8(12)3-4-11(9)14/h3-5,7,10H,6,13H2,1-2H3. The molecule has 76 valence electrons. The molecule has 0 bridgehead atoms. The van der Waals surface area contributed by atoms with Gasteiger partial charge < -0.3 is 10.6 Å². The lowest BCUT2D eigenvalue weighted by Crippen LogP contribution is -2.30. The van der Waals surface area contributed by atoms with E-state index in [1.54, 1.807) is 0 Å². The number of hydrogen-bond acceptors (Lipinski definition) is 2. The summed E-state index contributed by atoms with van der Waals surface area (Å²) in [4.78, 5) is 2.32. The average molecular weight is 211 g/mol. The van der Waals surface area contributed by atoms with Gasteiger partial charge in [0.25, 0.3) is 0 Å². The number of nitrogens with two attached hydrogens (primary N) is 1. The zero-order valence-corrected chi connectivity index (χ0v) is 9.25. The molecule has 3 heteroatoms. The Morgan fingerprint density at radius 1 is 1.50 bits per heavy atom. The summed E-state index contributed by atoms with van der Waals surface area (Å²) >= 11 is 5.94. The first-order chi connectivity index (χ1) is 6.59. The molecule has 1 aliphatic rings. The topological polar surface area (TPSA) is 29.3 Å². The average Bonchev–Trinajstić information content (AvgIpc) is 2.44. The fourth-order valence-corrected chi connectivity index (χ4v) is 2.16. The van der Waals surface area contributed by atoms with Crippen molar-refractivity contribution < 1.29 is 0 Å². The summed E-state index contributed by atoms with van der Waals surface area (Å²) in [5, 5.41) is 0.768. The van der Waals surface area contributed by atoms with Gasteiger partial charge in [-0.2, -0.15) is 0 Å². The van der Waals surface area contributed by atoms with E-state index in [1.807, 2.05) is 12.1 Å². The number of anilines is 1. The smallest absolute Gasteiger partial charge is 0.0494 e. The van der Waals surface area contributed by atoms with Crippen molar-refractivity contribution in [1.82, 2.24) is 0 Å². The largest absolute Gasteiger partial charge is 0.367 e. The van der Waals surface area contributed by atoms with Crippen LogP contribution < -0.4 is 10.6 Å². The molecule has 1 unspecified atom stereocenters. The van der Waals surface area contributed by atoms with Crippen LogP contribution in [0.1, 0.15) is 25.5 Å². The molecule has 1 aliphatic heterocycles. The van der Waals surface area contributed by atoms with E-state index in [4.69, 9.17) is 17.3 Å². The number of rotatable bonds is 1. The quantitative estimate of drug-likeness (QED) is 0.772. The Labute approximate surface area is 89.7 Å². The van der Waals surface area contributed by atoms with Crippen LogP contribution in [0.25, 0.3) is 0 Å².